The second kappa shape index (κ2) is 6.49. The maximum Gasteiger partial charge on any atom is 0.335 e. The molecule has 0 fully saturated rings. The van der Waals surface area contributed by atoms with E-state index in [1.165, 1.54) is 19.1 Å². The van der Waals surface area contributed by atoms with Crippen molar-refractivity contribution in [1.82, 2.24) is 4.72 Å². The van der Waals surface area contributed by atoms with Gasteiger partial charge in [-0.3, -0.25) is 4.79 Å². The normalized spacial score (nSPS) is 11.1. The van der Waals surface area contributed by atoms with Crippen molar-refractivity contribution in [3.63, 3.8) is 0 Å². The average molecular weight is 301 g/mol. The van der Waals surface area contributed by atoms with Gasteiger partial charge in [-0.15, -0.1) is 0 Å². The lowest BCUT2D eigenvalue weighted by atomic mass is 10.1. The van der Waals surface area contributed by atoms with Gasteiger partial charge in [0.1, 0.15) is 6.54 Å². The van der Waals surface area contributed by atoms with Crippen molar-refractivity contribution in [2.45, 2.75) is 18.7 Å². The molecule has 0 unspecified atom stereocenters. The fraction of sp³-hybridized carbons (Fsp3) is 0.333. The number of aromatic carboxylic acids is 1. The van der Waals surface area contributed by atoms with Crippen LogP contribution < -0.4 is 4.72 Å². The molecule has 20 heavy (non-hydrogen) atoms. The number of nitrogens with one attached hydrogen (secondary N) is 1. The highest BCUT2D eigenvalue weighted by atomic mass is 32.2. The van der Waals surface area contributed by atoms with E-state index in [1.54, 1.807) is 6.92 Å². The maximum atomic E-state index is 12.0. The first kappa shape index (κ1) is 16.1. The van der Waals surface area contributed by atoms with Crippen molar-refractivity contribution < 1.29 is 27.9 Å². The third-order valence-electron chi connectivity index (χ3n) is 2.44. The summed E-state index contributed by atoms with van der Waals surface area (Å²) >= 11 is 0. The third-order valence-corrected chi connectivity index (χ3v) is 3.98. The minimum Gasteiger partial charge on any atom is -0.478 e. The summed E-state index contributed by atoms with van der Waals surface area (Å²) in [5.41, 5.74) is 0.235. The highest BCUT2D eigenvalue weighted by Gasteiger charge is 2.20. The lowest BCUT2D eigenvalue weighted by Gasteiger charge is -2.09. The fourth-order valence-electron chi connectivity index (χ4n) is 1.47. The summed E-state index contributed by atoms with van der Waals surface area (Å²) in [4.78, 5) is 21.8. The highest BCUT2D eigenvalue weighted by molar-refractivity contribution is 7.89. The molecule has 8 heteroatoms. The second-order valence-electron chi connectivity index (χ2n) is 3.92. The monoisotopic (exact) mass is 301 g/mol. The Hall–Kier alpha value is -1.93. The number of carbonyl (C=O) groups is 2. The molecule has 0 heterocycles. The van der Waals surface area contributed by atoms with Crippen LogP contribution in [0, 0.1) is 6.92 Å². The predicted molar refractivity (Wildman–Crippen MR) is 70.0 cm³/mol. The van der Waals surface area contributed by atoms with Crippen LogP contribution in [0.3, 0.4) is 0 Å². The van der Waals surface area contributed by atoms with Crippen LogP contribution in [-0.4, -0.2) is 38.6 Å². The summed E-state index contributed by atoms with van der Waals surface area (Å²) in [6, 6.07) is 3.75. The molecule has 0 spiro atoms. The summed E-state index contributed by atoms with van der Waals surface area (Å²) in [5.74, 6) is -1.94. The largest absolute Gasteiger partial charge is 0.478 e. The molecule has 0 atom stereocenters. The van der Waals surface area contributed by atoms with E-state index >= 15 is 0 Å². The Bertz CT molecular complexity index is 623. The van der Waals surface area contributed by atoms with Crippen LogP contribution in [0.25, 0.3) is 0 Å². The van der Waals surface area contributed by atoms with Crippen LogP contribution in [0.4, 0.5) is 0 Å². The number of aryl methyl sites for hydroxylation is 1. The van der Waals surface area contributed by atoms with Gasteiger partial charge in [0.25, 0.3) is 0 Å². The zero-order valence-corrected chi connectivity index (χ0v) is 11.9. The Kier molecular flexibility index (Phi) is 5.23. The molecule has 1 aromatic rings. The van der Waals surface area contributed by atoms with Crippen molar-refractivity contribution in [2.24, 2.45) is 0 Å². The van der Waals surface area contributed by atoms with E-state index in [9.17, 15) is 18.0 Å². The van der Waals surface area contributed by atoms with Crippen molar-refractivity contribution >= 4 is 22.0 Å². The number of benzene rings is 1. The minimum atomic E-state index is -3.97. The third kappa shape index (κ3) is 4.04. The molecule has 0 saturated heterocycles. The van der Waals surface area contributed by atoms with Crippen LogP contribution in [-0.2, 0) is 19.6 Å². The standard InChI is InChI=1S/C12H15NO6S/c1-3-19-11(14)7-13-20(17,18)10-6-9(12(15)16)5-4-8(10)2/h4-6,13H,3,7H2,1-2H3,(H,15,16). The van der Waals surface area contributed by atoms with Gasteiger partial charge in [0.15, 0.2) is 0 Å². The Labute approximate surface area is 116 Å². The Morgan fingerprint density at radius 1 is 1.35 bits per heavy atom. The molecule has 0 aliphatic carbocycles. The van der Waals surface area contributed by atoms with Gasteiger partial charge in [-0.2, -0.15) is 4.72 Å². The summed E-state index contributed by atoms with van der Waals surface area (Å²) in [5, 5.41) is 8.86. The van der Waals surface area contributed by atoms with Crippen LogP contribution in [0.5, 0.6) is 0 Å². The topological polar surface area (TPSA) is 110 Å². The first-order valence-electron chi connectivity index (χ1n) is 5.77. The molecule has 110 valence electrons. The predicted octanol–water partition coefficient (Wildman–Crippen LogP) is 0.535. The highest BCUT2D eigenvalue weighted by Crippen LogP contribution is 2.17. The summed E-state index contributed by atoms with van der Waals surface area (Å²) < 4.78 is 30.7. The Morgan fingerprint density at radius 3 is 2.55 bits per heavy atom. The smallest absolute Gasteiger partial charge is 0.335 e. The SMILES string of the molecule is CCOC(=O)CNS(=O)(=O)c1cc(C(=O)O)ccc1C. The molecule has 0 bridgehead atoms. The molecule has 1 aromatic carbocycles. The van der Waals surface area contributed by atoms with Gasteiger partial charge in [-0.1, -0.05) is 6.07 Å². The van der Waals surface area contributed by atoms with Crippen molar-refractivity contribution in [3.8, 4) is 0 Å². The van der Waals surface area contributed by atoms with Crippen molar-refractivity contribution in [3.05, 3.63) is 29.3 Å². The summed E-state index contributed by atoms with van der Waals surface area (Å²) in [6.07, 6.45) is 0. The number of esters is 1. The van der Waals surface area contributed by atoms with Crippen molar-refractivity contribution in [2.75, 3.05) is 13.2 Å². The zero-order valence-electron chi connectivity index (χ0n) is 11.0. The number of hydrogen-bond acceptors (Lipinski definition) is 5. The van der Waals surface area contributed by atoms with E-state index in [-0.39, 0.29) is 17.1 Å². The Balaban J connectivity index is 3.00. The molecule has 0 amide bonds. The van der Waals surface area contributed by atoms with Crippen LogP contribution in [0.15, 0.2) is 23.1 Å². The summed E-state index contributed by atoms with van der Waals surface area (Å²) in [6.45, 7) is 2.78. The van der Waals surface area contributed by atoms with E-state index in [1.807, 2.05) is 0 Å². The average Bonchev–Trinajstić information content (AvgIpc) is 2.37. The van der Waals surface area contributed by atoms with Gasteiger partial charge in [0.2, 0.25) is 10.0 Å². The molecule has 2 N–H and O–H groups in total. The van der Waals surface area contributed by atoms with Gasteiger partial charge >= 0.3 is 11.9 Å². The number of carboxylic acids is 1. The van der Waals surface area contributed by atoms with Gasteiger partial charge < -0.3 is 9.84 Å². The first-order valence-corrected chi connectivity index (χ1v) is 7.25. The van der Waals surface area contributed by atoms with Crippen LogP contribution >= 0.6 is 0 Å². The quantitative estimate of drug-likeness (QED) is 0.742. The number of carbonyl (C=O) groups excluding carboxylic acids is 1. The van der Waals surface area contributed by atoms with Gasteiger partial charge in [-0.05, 0) is 31.5 Å². The van der Waals surface area contributed by atoms with Crippen LogP contribution in [0.2, 0.25) is 0 Å². The number of carboxylic acid groups (broad SMARTS) is 1. The molecule has 7 nitrogen and oxygen atoms in total. The molecule has 0 radical (unpaired) electrons. The summed E-state index contributed by atoms with van der Waals surface area (Å²) in [7, 11) is -3.97. The lowest BCUT2D eigenvalue weighted by Crippen LogP contribution is -2.31. The lowest BCUT2D eigenvalue weighted by molar-refractivity contribution is -0.141. The maximum absolute atomic E-state index is 12.0. The molecule has 0 aliphatic heterocycles. The number of ether oxygens (including phenoxy) is 1. The zero-order chi connectivity index (χ0) is 15.3. The van der Waals surface area contributed by atoms with Gasteiger partial charge in [0, 0.05) is 0 Å². The number of sulfonamides is 1. The first-order chi connectivity index (χ1) is 9.27. The minimum absolute atomic E-state index is 0.146. The van der Waals surface area contributed by atoms with Gasteiger partial charge in [0.05, 0.1) is 17.1 Å². The van der Waals surface area contributed by atoms with E-state index in [4.69, 9.17) is 5.11 Å². The van der Waals surface area contributed by atoms with E-state index in [0.717, 1.165) is 6.07 Å². The Morgan fingerprint density at radius 2 is 2.00 bits per heavy atom. The van der Waals surface area contributed by atoms with Gasteiger partial charge in [-0.25, -0.2) is 13.2 Å². The number of rotatable bonds is 6. The van der Waals surface area contributed by atoms with Crippen molar-refractivity contribution in [1.29, 1.82) is 0 Å². The molecular weight excluding hydrogens is 286 g/mol. The molecular formula is C12H15NO6S. The van der Waals surface area contributed by atoms with E-state index in [2.05, 4.69) is 9.46 Å². The van der Waals surface area contributed by atoms with Crippen LogP contribution in [0.1, 0.15) is 22.8 Å². The molecule has 0 aromatic heterocycles. The van der Waals surface area contributed by atoms with E-state index in [0.29, 0.717) is 5.56 Å². The molecule has 0 saturated carbocycles. The molecule has 0 aliphatic rings. The fourth-order valence-corrected chi connectivity index (χ4v) is 2.70. The molecule has 1 rings (SSSR count). The number of hydrogen-bond donors (Lipinski definition) is 2. The second-order valence-corrected chi connectivity index (χ2v) is 5.65. The van der Waals surface area contributed by atoms with E-state index < -0.39 is 28.5 Å².